The molecule has 1 N–H and O–H groups in total. The highest BCUT2D eigenvalue weighted by Gasteiger charge is 2.23. The first-order valence-electron chi connectivity index (χ1n) is 12.4. The van der Waals surface area contributed by atoms with Crippen LogP contribution in [0.15, 0.2) is 109 Å². The van der Waals surface area contributed by atoms with E-state index in [4.69, 9.17) is 0 Å². The van der Waals surface area contributed by atoms with Gasteiger partial charge in [0.15, 0.2) is 0 Å². The summed E-state index contributed by atoms with van der Waals surface area (Å²) < 4.78 is 0. The molecular formula is C32H36NP. The predicted octanol–water partition coefficient (Wildman–Crippen LogP) is 8.22. The Labute approximate surface area is 207 Å². The first-order valence-corrected chi connectivity index (χ1v) is 13.9. The third-order valence-corrected chi connectivity index (χ3v) is 8.97. The van der Waals surface area contributed by atoms with Crippen LogP contribution in [0.25, 0.3) is 0 Å². The zero-order valence-corrected chi connectivity index (χ0v) is 21.7. The molecule has 1 atom stereocenters. The van der Waals surface area contributed by atoms with E-state index in [-0.39, 0.29) is 6.04 Å². The monoisotopic (exact) mass is 465 g/mol. The number of nitrogens with one attached hydrogen (secondary N) is 1. The van der Waals surface area contributed by atoms with Gasteiger partial charge in [0.2, 0.25) is 0 Å². The summed E-state index contributed by atoms with van der Waals surface area (Å²) in [5, 5.41) is 6.93. The van der Waals surface area contributed by atoms with Crippen LogP contribution in [0.2, 0.25) is 0 Å². The van der Waals surface area contributed by atoms with Gasteiger partial charge in [0, 0.05) is 11.8 Å². The van der Waals surface area contributed by atoms with Crippen LogP contribution in [-0.2, 0) is 0 Å². The number of hydrogen-bond acceptors (Lipinski definition) is 1. The molecule has 0 aliphatic heterocycles. The highest BCUT2D eigenvalue weighted by atomic mass is 31.1. The first-order chi connectivity index (χ1) is 16.5. The van der Waals surface area contributed by atoms with Gasteiger partial charge in [-0.15, -0.1) is 0 Å². The van der Waals surface area contributed by atoms with Crippen LogP contribution in [0.1, 0.15) is 62.3 Å². The molecule has 1 unspecified atom stereocenters. The van der Waals surface area contributed by atoms with Crippen molar-refractivity contribution in [3.8, 4) is 0 Å². The Morgan fingerprint density at radius 1 is 0.559 bits per heavy atom. The van der Waals surface area contributed by atoms with Gasteiger partial charge in [-0.25, -0.2) is 0 Å². The SMILES string of the molecule is CC(C)c1cccc(C(C)C)c1NC(CP(c1ccccc1)c1ccccc1)c1ccccc1. The van der Waals surface area contributed by atoms with Crippen molar-refractivity contribution < 1.29 is 0 Å². The molecule has 0 saturated heterocycles. The molecule has 0 aliphatic rings. The Morgan fingerprint density at radius 2 is 1.00 bits per heavy atom. The van der Waals surface area contributed by atoms with Gasteiger partial charge < -0.3 is 5.32 Å². The molecule has 0 amide bonds. The van der Waals surface area contributed by atoms with Crippen LogP contribution in [0.4, 0.5) is 5.69 Å². The smallest absolute Gasteiger partial charge is 0.0559 e. The highest BCUT2D eigenvalue weighted by Crippen LogP contribution is 2.41. The minimum atomic E-state index is -0.522. The maximum Gasteiger partial charge on any atom is 0.0559 e. The molecule has 0 radical (unpaired) electrons. The quantitative estimate of drug-likeness (QED) is 0.246. The molecule has 4 aromatic carbocycles. The molecule has 0 spiro atoms. The standard InChI is InChI=1S/C32H36NP/c1-24(2)29-21-14-22-30(25(3)4)32(29)33-31(26-15-8-5-9-16-26)23-34(27-17-10-6-11-18-27)28-19-12-7-13-20-28/h5-22,24-25,31,33H,23H2,1-4H3. The van der Waals surface area contributed by atoms with Crippen molar-refractivity contribution in [2.45, 2.75) is 45.6 Å². The highest BCUT2D eigenvalue weighted by molar-refractivity contribution is 7.73. The van der Waals surface area contributed by atoms with E-state index in [2.05, 4.69) is 142 Å². The average Bonchev–Trinajstić information content (AvgIpc) is 2.87. The minimum Gasteiger partial charge on any atom is -0.377 e. The molecule has 0 saturated carbocycles. The van der Waals surface area contributed by atoms with Crippen LogP contribution in [0.3, 0.4) is 0 Å². The van der Waals surface area contributed by atoms with Crippen molar-refractivity contribution in [3.05, 3.63) is 126 Å². The lowest BCUT2D eigenvalue weighted by atomic mass is 9.92. The van der Waals surface area contributed by atoms with E-state index in [0.29, 0.717) is 11.8 Å². The zero-order chi connectivity index (χ0) is 23.9. The van der Waals surface area contributed by atoms with Crippen LogP contribution in [0.5, 0.6) is 0 Å². The van der Waals surface area contributed by atoms with Crippen molar-refractivity contribution in [1.29, 1.82) is 0 Å². The van der Waals surface area contributed by atoms with Crippen LogP contribution >= 0.6 is 7.92 Å². The lowest BCUT2D eigenvalue weighted by molar-refractivity contribution is 0.813. The van der Waals surface area contributed by atoms with Crippen molar-refractivity contribution in [3.63, 3.8) is 0 Å². The third kappa shape index (κ3) is 5.78. The molecule has 2 heteroatoms. The largest absolute Gasteiger partial charge is 0.377 e. The predicted molar refractivity (Wildman–Crippen MR) is 151 cm³/mol. The molecule has 0 fully saturated rings. The van der Waals surface area contributed by atoms with Gasteiger partial charge >= 0.3 is 0 Å². The Morgan fingerprint density at radius 3 is 1.44 bits per heavy atom. The van der Waals surface area contributed by atoms with Crippen LogP contribution in [-0.4, -0.2) is 6.16 Å². The molecule has 0 aliphatic carbocycles. The summed E-state index contributed by atoms with van der Waals surface area (Å²) in [6, 6.07) is 40.1. The first kappa shape index (κ1) is 24.2. The Kier molecular flexibility index (Phi) is 8.20. The molecule has 4 aromatic rings. The van der Waals surface area contributed by atoms with Gasteiger partial charge in [0.1, 0.15) is 0 Å². The van der Waals surface area contributed by atoms with Crippen molar-refractivity contribution >= 4 is 24.2 Å². The fourth-order valence-corrected chi connectivity index (χ4v) is 7.02. The van der Waals surface area contributed by atoms with Gasteiger partial charge in [0.05, 0.1) is 6.04 Å². The summed E-state index contributed by atoms with van der Waals surface area (Å²) in [4.78, 5) is 0. The fraction of sp³-hybridized carbons (Fsp3) is 0.250. The lowest BCUT2D eigenvalue weighted by Gasteiger charge is -2.30. The molecule has 34 heavy (non-hydrogen) atoms. The summed E-state index contributed by atoms with van der Waals surface area (Å²) in [6.45, 7) is 9.18. The van der Waals surface area contributed by atoms with Gasteiger partial charge in [-0.3, -0.25) is 0 Å². The van der Waals surface area contributed by atoms with E-state index >= 15 is 0 Å². The molecule has 174 valence electrons. The molecule has 0 bridgehead atoms. The maximum absolute atomic E-state index is 4.08. The van der Waals surface area contributed by atoms with E-state index in [1.807, 2.05) is 0 Å². The van der Waals surface area contributed by atoms with Gasteiger partial charge in [-0.2, -0.15) is 0 Å². The Balaban J connectivity index is 1.79. The summed E-state index contributed by atoms with van der Waals surface area (Å²) in [5.74, 6) is 0.921. The van der Waals surface area contributed by atoms with Crippen LogP contribution < -0.4 is 15.9 Å². The second-order valence-electron chi connectivity index (χ2n) is 9.51. The summed E-state index contributed by atoms with van der Waals surface area (Å²) in [6.07, 6.45) is 1.04. The fourth-order valence-electron chi connectivity index (χ4n) is 4.57. The van der Waals surface area contributed by atoms with E-state index in [9.17, 15) is 0 Å². The molecule has 0 heterocycles. The second kappa shape index (κ2) is 11.5. The van der Waals surface area contributed by atoms with Crippen molar-refractivity contribution in [2.75, 3.05) is 11.5 Å². The van der Waals surface area contributed by atoms with Gasteiger partial charge in [-0.05, 0) is 47.1 Å². The van der Waals surface area contributed by atoms with E-state index in [1.54, 1.807) is 0 Å². The van der Waals surface area contributed by atoms with Crippen LogP contribution in [0, 0.1) is 0 Å². The van der Waals surface area contributed by atoms with Crippen molar-refractivity contribution in [2.24, 2.45) is 0 Å². The number of anilines is 1. The van der Waals surface area contributed by atoms with Crippen molar-refractivity contribution in [1.82, 2.24) is 0 Å². The molecule has 4 rings (SSSR count). The normalized spacial score (nSPS) is 12.3. The van der Waals surface area contributed by atoms with E-state index in [1.165, 1.54) is 33.0 Å². The summed E-state index contributed by atoms with van der Waals surface area (Å²) >= 11 is 0. The molecule has 0 aromatic heterocycles. The van der Waals surface area contributed by atoms with Gasteiger partial charge in [-0.1, -0.05) is 137 Å². The van der Waals surface area contributed by atoms with E-state index in [0.717, 1.165) is 6.16 Å². The lowest BCUT2D eigenvalue weighted by Crippen LogP contribution is -2.23. The van der Waals surface area contributed by atoms with Gasteiger partial charge in [0.25, 0.3) is 0 Å². The third-order valence-electron chi connectivity index (χ3n) is 6.39. The number of benzene rings is 4. The number of rotatable bonds is 9. The zero-order valence-electron chi connectivity index (χ0n) is 20.8. The summed E-state index contributed by atoms with van der Waals surface area (Å²) in [5.41, 5.74) is 5.46. The van der Waals surface area contributed by atoms with E-state index < -0.39 is 7.92 Å². The Hall–Kier alpha value is -2.89. The average molecular weight is 466 g/mol. The minimum absolute atomic E-state index is 0.213. The second-order valence-corrected chi connectivity index (χ2v) is 11.8. The molecule has 1 nitrogen and oxygen atoms in total. The maximum atomic E-state index is 4.08. The topological polar surface area (TPSA) is 12.0 Å². The number of para-hydroxylation sites is 1. The Bertz CT molecular complexity index is 1090. The summed E-state index contributed by atoms with van der Waals surface area (Å²) in [7, 11) is -0.522. The molecular weight excluding hydrogens is 429 g/mol. The number of hydrogen-bond donors (Lipinski definition) is 1.